The van der Waals surface area contributed by atoms with Gasteiger partial charge in [-0.1, -0.05) is 36.7 Å². The lowest BCUT2D eigenvalue weighted by atomic mass is 9.87. The summed E-state index contributed by atoms with van der Waals surface area (Å²) in [6, 6.07) is 7.57. The van der Waals surface area contributed by atoms with Gasteiger partial charge in [-0.15, -0.1) is 0 Å². The molecule has 20 heavy (non-hydrogen) atoms. The third-order valence-electron chi connectivity index (χ3n) is 4.31. The van der Waals surface area contributed by atoms with Gasteiger partial charge in [0, 0.05) is 24.5 Å². The van der Waals surface area contributed by atoms with E-state index in [1.54, 1.807) is 0 Å². The molecule has 1 atom stereocenters. The lowest BCUT2D eigenvalue weighted by molar-refractivity contribution is -0.133. The van der Waals surface area contributed by atoms with E-state index < -0.39 is 5.54 Å². The predicted molar refractivity (Wildman–Crippen MR) is 81.3 cm³/mol. The van der Waals surface area contributed by atoms with E-state index >= 15 is 0 Å². The summed E-state index contributed by atoms with van der Waals surface area (Å²) in [5.74, 6) is 0.231. The van der Waals surface area contributed by atoms with Gasteiger partial charge >= 0.3 is 0 Å². The van der Waals surface area contributed by atoms with Crippen LogP contribution in [0, 0.1) is 0 Å². The Labute approximate surface area is 125 Å². The maximum absolute atomic E-state index is 12.8. The third kappa shape index (κ3) is 3.22. The molecule has 1 unspecified atom stereocenters. The lowest BCUT2D eigenvalue weighted by Gasteiger charge is -2.41. The molecule has 0 aliphatic carbocycles. The van der Waals surface area contributed by atoms with E-state index in [1.807, 2.05) is 31.2 Å². The van der Waals surface area contributed by atoms with Gasteiger partial charge in [-0.3, -0.25) is 9.69 Å². The molecule has 0 N–H and O–H groups in total. The number of nitrogens with zero attached hydrogens (tertiary/aromatic N) is 1. The largest absolute Gasteiger partial charge is 0.379 e. The average molecular weight is 296 g/mol. The van der Waals surface area contributed by atoms with Crippen LogP contribution in [0.3, 0.4) is 0 Å². The van der Waals surface area contributed by atoms with Gasteiger partial charge in [0.05, 0.1) is 18.8 Å². The SMILES string of the molecule is CCC(C)(C(=O)Cc1ccccc1Cl)N1CCOCC1. The Morgan fingerprint density at radius 3 is 2.60 bits per heavy atom. The summed E-state index contributed by atoms with van der Waals surface area (Å²) >= 11 is 6.16. The summed E-state index contributed by atoms with van der Waals surface area (Å²) in [5.41, 5.74) is 0.482. The van der Waals surface area contributed by atoms with Gasteiger partial charge in [0.15, 0.2) is 5.78 Å². The van der Waals surface area contributed by atoms with Gasteiger partial charge in [0.1, 0.15) is 0 Å². The van der Waals surface area contributed by atoms with Crippen molar-refractivity contribution in [2.75, 3.05) is 26.3 Å². The minimum atomic E-state index is -0.428. The maximum Gasteiger partial charge on any atom is 0.157 e. The Kier molecular flexibility index (Phi) is 5.19. The molecule has 0 aromatic heterocycles. The van der Waals surface area contributed by atoms with Crippen LogP contribution in [0.5, 0.6) is 0 Å². The highest BCUT2D eigenvalue weighted by molar-refractivity contribution is 6.31. The van der Waals surface area contributed by atoms with E-state index in [2.05, 4.69) is 11.8 Å². The smallest absolute Gasteiger partial charge is 0.157 e. The number of carbonyl (C=O) groups excluding carboxylic acids is 1. The molecule has 4 heteroatoms. The molecule has 1 aliphatic rings. The first-order valence-corrected chi connectivity index (χ1v) is 7.55. The van der Waals surface area contributed by atoms with Crippen LogP contribution < -0.4 is 0 Å². The number of hydrogen-bond acceptors (Lipinski definition) is 3. The number of morpholine rings is 1. The molecular weight excluding hydrogens is 274 g/mol. The molecule has 1 saturated heterocycles. The second-order valence-electron chi connectivity index (χ2n) is 5.42. The molecule has 0 spiro atoms. The van der Waals surface area contributed by atoms with Crippen molar-refractivity contribution in [3.05, 3.63) is 34.9 Å². The summed E-state index contributed by atoms with van der Waals surface area (Å²) in [4.78, 5) is 15.0. The fourth-order valence-electron chi connectivity index (χ4n) is 2.66. The van der Waals surface area contributed by atoms with Crippen molar-refractivity contribution in [2.24, 2.45) is 0 Å². The van der Waals surface area contributed by atoms with E-state index in [-0.39, 0.29) is 5.78 Å². The van der Waals surface area contributed by atoms with Crippen LogP contribution in [0.1, 0.15) is 25.8 Å². The molecule has 1 aromatic carbocycles. The number of benzene rings is 1. The standard InChI is InChI=1S/C16H22ClNO2/c1-3-16(2,18-8-10-20-11-9-18)15(19)12-13-6-4-5-7-14(13)17/h4-7H,3,8-12H2,1-2H3. The Balaban J connectivity index is 2.14. The second kappa shape index (κ2) is 6.70. The van der Waals surface area contributed by atoms with Gasteiger partial charge in [0.25, 0.3) is 0 Å². The molecule has 110 valence electrons. The van der Waals surface area contributed by atoms with Crippen LogP contribution in [0.4, 0.5) is 0 Å². The quantitative estimate of drug-likeness (QED) is 0.836. The van der Waals surface area contributed by atoms with E-state index in [4.69, 9.17) is 16.3 Å². The Morgan fingerprint density at radius 2 is 2.00 bits per heavy atom. The average Bonchev–Trinajstić information content (AvgIpc) is 2.49. The number of carbonyl (C=O) groups is 1. The van der Waals surface area contributed by atoms with Crippen LogP contribution in [0.2, 0.25) is 5.02 Å². The highest BCUT2D eigenvalue weighted by Gasteiger charge is 2.37. The third-order valence-corrected chi connectivity index (χ3v) is 4.68. The van der Waals surface area contributed by atoms with Gasteiger partial charge in [-0.2, -0.15) is 0 Å². The van der Waals surface area contributed by atoms with Crippen LogP contribution in [0.15, 0.2) is 24.3 Å². The molecule has 0 saturated carbocycles. The van der Waals surface area contributed by atoms with E-state index in [0.29, 0.717) is 24.7 Å². The molecule has 1 aliphatic heterocycles. The van der Waals surface area contributed by atoms with Gasteiger partial charge < -0.3 is 4.74 Å². The minimum absolute atomic E-state index is 0.231. The van der Waals surface area contributed by atoms with Crippen LogP contribution >= 0.6 is 11.6 Å². The Morgan fingerprint density at radius 1 is 1.35 bits per heavy atom. The van der Waals surface area contributed by atoms with Crippen molar-refractivity contribution in [1.29, 1.82) is 0 Å². The number of ketones is 1. The summed E-state index contributed by atoms with van der Waals surface area (Å²) in [6.45, 7) is 7.15. The zero-order chi connectivity index (χ0) is 14.6. The Bertz CT molecular complexity index is 471. The van der Waals surface area contributed by atoms with Crippen molar-refractivity contribution < 1.29 is 9.53 Å². The molecule has 0 bridgehead atoms. The molecule has 1 aromatic rings. The molecule has 0 radical (unpaired) electrons. The van der Waals surface area contributed by atoms with Crippen molar-refractivity contribution in [1.82, 2.24) is 4.90 Å². The number of rotatable bonds is 5. The number of hydrogen-bond donors (Lipinski definition) is 0. The first kappa shape index (κ1) is 15.5. The van der Waals surface area contributed by atoms with Crippen LogP contribution in [-0.2, 0) is 16.0 Å². The van der Waals surface area contributed by atoms with Gasteiger partial charge in [0.2, 0.25) is 0 Å². The van der Waals surface area contributed by atoms with Gasteiger partial charge in [-0.25, -0.2) is 0 Å². The molecule has 2 rings (SSSR count). The van der Waals surface area contributed by atoms with E-state index in [1.165, 1.54) is 0 Å². The van der Waals surface area contributed by atoms with Crippen LogP contribution in [-0.4, -0.2) is 42.5 Å². The topological polar surface area (TPSA) is 29.5 Å². The summed E-state index contributed by atoms with van der Waals surface area (Å²) < 4.78 is 5.38. The zero-order valence-electron chi connectivity index (χ0n) is 12.2. The van der Waals surface area contributed by atoms with E-state index in [0.717, 1.165) is 25.1 Å². The fraction of sp³-hybridized carbons (Fsp3) is 0.562. The summed E-state index contributed by atoms with van der Waals surface area (Å²) in [7, 11) is 0. The van der Waals surface area contributed by atoms with Crippen molar-refractivity contribution in [2.45, 2.75) is 32.2 Å². The highest BCUT2D eigenvalue weighted by Crippen LogP contribution is 2.25. The van der Waals surface area contributed by atoms with Crippen molar-refractivity contribution in [3.8, 4) is 0 Å². The molecule has 1 fully saturated rings. The maximum atomic E-state index is 12.8. The number of ether oxygens (including phenoxy) is 1. The zero-order valence-corrected chi connectivity index (χ0v) is 12.9. The molecule has 1 heterocycles. The minimum Gasteiger partial charge on any atom is -0.379 e. The summed E-state index contributed by atoms with van der Waals surface area (Å²) in [6.07, 6.45) is 1.19. The van der Waals surface area contributed by atoms with Crippen molar-refractivity contribution >= 4 is 17.4 Å². The Hall–Kier alpha value is -0.900. The second-order valence-corrected chi connectivity index (χ2v) is 5.83. The first-order valence-electron chi connectivity index (χ1n) is 7.17. The predicted octanol–water partition coefficient (Wildman–Crippen LogP) is 2.95. The molecule has 0 amide bonds. The highest BCUT2D eigenvalue weighted by atomic mass is 35.5. The lowest BCUT2D eigenvalue weighted by Crippen LogP contribution is -2.56. The fourth-order valence-corrected chi connectivity index (χ4v) is 2.86. The molecule has 3 nitrogen and oxygen atoms in total. The van der Waals surface area contributed by atoms with Crippen molar-refractivity contribution in [3.63, 3.8) is 0 Å². The number of halogens is 1. The number of Topliss-reactive ketones (excluding diaryl/α,β-unsaturated/α-hetero) is 1. The normalized spacial score (nSPS) is 19.6. The summed E-state index contributed by atoms with van der Waals surface area (Å²) in [5, 5.41) is 0.668. The first-order chi connectivity index (χ1) is 9.58. The van der Waals surface area contributed by atoms with Gasteiger partial charge in [-0.05, 0) is 25.0 Å². The van der Waals surface area contributed by atoms with E-state index in [9.17, 15) is 4.79 Å². The monoisotopic (exact) mass is 295 g/mol. The molecular formula is C16H22ClNO2. The van der Waals surface area contributed by atoms with Crippen LogP contribution in [0.25, 0.3) is 0 Å².